The molecule has 1 aliphatic heterocycles. The Kier molecular flexibility index (Phi) is 5.27. The molecule has 4 aromatic carbocycles. The van der Waals surface area contributed by atoms with Crippen molar-refractivity contribution in [1.29, 1.82) is 0 Å². The second-order valence-corrected chi connectivity index (χ2v) is 10.3. The van der Waals surface area contributed by atoms with E-state index in [0.29, 0.717) is 50.2 Å². The minimum absolute atomic E-state index is 0.351. The molecule has 0 saturated carbocycles. The second-order valence-electron chi connectivity index (χ2n) is 9.83. The highest BCUT2D eigenvalue weighted by atomic mass is 35.5. The lowest BCUT2D eigenvalue weighted by atomic mass is 9.84. The molecule has 7 nitrogen and oxygen atoms in total. The summed E-state index contributed by atoms with van der Waals surface area (Å²) >= 11 is 6.43. The molecule has 0 bridgehead atoms. The molecule has 0 aliphatic carbocycles. The maximum Gasteiger partial charge on any atom is 0.344 e. The van der Waals surface area contributed by atoms with E-state index in [-0.39, 0.29) is 0 Å². The average molecular weight is 555 g/mol. The van der Waals surface area contributed by atoms with Crippen LogP contribution >= 0.6 is 11.6 Å². The Morgan fingerprint density at radius 3 is 2.37 bits per heavy atom. The van der Waals surface area contributed by atoms with E-state index in [1.807, 2.05) is 66.7 Å². The molecule has 0 N–H and O–H groups in total. The summed E-state index contributed by atoms with van der Waals surface area (Å²) in [5, 5.41) is 5.95. The molecule has 8 rings (SSSR count). The Bertz CT molecular complexity index is 2170. The molecule has 4 heterocycles. The largest absolute Gasteiger partial charge is 0.437 e. The molecule has 0 saturated heterocycles. The first kappa shape index (κ1) is 23.6. The standard InChI is InChI=1S/C33H19ClN4O3/c34-23-10-6-9-22(17-23)26-27-29(24-11-4-5-12-25(24)40-33(27)39)41-32-28(26)31-36-30(37-38(31)18-35-32)21-15-13-20(14-16-21)19-7-2-1-3-8-19/h1-18,26H. The van der Waals surface area contributed by atoms with Crippen molar-refractivity contribution in [2.45, 2.75) is 5.92 Å². The zero-order valence-electron chi connectivity index (χ0n) is 21.4. The number of ether oxygens (including phenoxy) is 1. The lowest BCUT2D eigenvalue weighted by Crippen LogP contribution is -2.22. The number of nitrogens with zero attached hydrogens (tertiary/aromatic N) is 4. The molecular weight excluding hydrogens is 536 g/mol. The van der Waals surface area contributed by atoms with Crippen LogP contribution in [0.15, 0.2) is 119 Å². The lowest BCUT2D eigenvalue weighted by molar-refractivity contribution is 0.422. The van der Waals surface area contributed by atoms with Gasteiger partial charge in [-0.05, 0) is 41.0 Å². The van der Waals surface area contributed by atoms with Gasteiger partial charge in [0, 0.05) is 10.6 Å². The van der Waals surface area contributed by atoms with Crippen LogP contribution in [0.3, 0.4) is 0 Å². The van der Waals surface area contributed by atoms with Crippen molar-refractivity contribution in [3.8, 4) is 34.1 Å². The molecule has 0 amide bonds. The van der Waals surface area contributed by atoms with Gasteiger partial charge in [0.1, 0.15) is 11.9 Å². The zero-order valence-corrected chi connectivity index (χ0v) is 22.1. The number of hydrogen-bond acceptors (Lipinski definition) is 6. The Balaban J connectivity index is 1.33. The summed E-state index contributed by atoms with van der Waals surface area (Å²) in [5.74, 6) is 0.703. The molecular formula is C33H19ClN4O3. The Labute approximate surface area is 238 Å². The number of rotatable bonds is 3. The summed E-state index contributed by atoms with van der Waals surface area (Å²) in [6.07, 6.45) is 1.58. The third-order valence-electron chi connectivity index (χ3n) is 7.39. The van der Waals surface area contributed by atoms with E-state index < -0.39 is 11.5 Å². The highest BCUT2D eigenvalue weighted by Gasteiger charge is 2.37. The maximum absolute atomic E-state index is 13.5. The second kappa shape index (κ2) is 9.15. The zero-order chi connectivity index (χ0) is 27.5. The van der Waals surface area contributed by atoms with E-state index in [0.717, 1.165) is 22.3 Å². The fourth-order valence-corrected chi connectivity index (χ4v) is 5.71. The van der Waals surface area contributed by atoms with Crippen LogP contribution in [0.5, 0.6) is 11.6 Å². The average Bonchev–Trinajstić information content (AvgIpc) is 3.45. The van der Waals surface area contributed by atoms with Crippen LogP contribution in [0, 0.1) is 0 Å². The van der Waals surface area contributed by atoms with Gasteiger partial charge < -0.3 is 9.15 Å². The Morgan fingerprint density at radius 1 is 0.780 bits per heavy atom. The molecule has 0 spiro atoms. The predicted octanol–water partition coefficient (Wildman–Crippen LogP) is 7.50. The first-order chi connectivity index (χ1) is 20.1. The molecule has 41 heavy (non-hydrogen) atoms. The number of benzene rings is 4. The number of halogens is 1. The first-order valence-corrected chi connectivity index (χ1v) is 13.4. The van der Waals surface area contributed by atoms with Gasteiger partial charge in [0.25, 0.3) is 0 Å². The van der Waals surface area contributed by atoms with Crippen LogP contribution in [0.2, 0.25) is 5.02 Å². The van der Waals surface area contributed by atoms with Crippen LogP contribution in [0.25, 0.3) is 39.1 Å². The topological polar surface area (TPSA) is 82.5 Å². The summed E-state index contributed by atoms with van der Waals surface area (Å²) in [4.78, 5) is 23.1. The third kappa shape index (κ3) is 3.82. The molecule has 7 aromatic rings. The number of fused-ring (bicyclic) bond motifs is 6. The van der Waals surface area contributed by atoms with Crippen LogP contribution in [-0.4, -0.2) is 19.6 Å². The molecule has 1 atom stereocenters. The van der Waals surface area contributed by atoms with Crippen LogP contribution in [-0.2, 0) is 0 Å². The van der Waals surface area contributed by atoms with Gasteiger partial charge in [-0.15, -0.1) is 5.10 Å². The normalized spacial score (nSPS) is 14.0. The number of para-hydroxylation sites is 1. The van der Waals surface area contributed by atoms with Crippen molar-refractivity contribution >= 4 is 28.2 Å². The highest BCUT2D eigenvalue weighted by molar-refractivity contribution is 6.30. The van der Waals surface area contributed by atoms with Crippen LogP contribution in [0.4, 0.5) is 0 Å². The molecule has 0 fully saturated rings. The Hall–Kier alpha value is -5.27. The third-order valence-corrected chi connectivity index (χ3v) is 7.63. The van der Waals surface area contributed by atoms with Gasteiger partial charge in [-0.25, -0.2) is 19.3 Å². The van der Waals surface area contributed by atoms with Gasteiger partial charge in [0.15, 0.2) is 17.2 Å². The predicted molar refractivity (Wildman–Crippen MR) is 157 cm³/mol. The molecule has 8 heteroatoms. The van der Waals surface area contributed by atoms with Gasteiger partial charge in [0.2, 0.25) is 5.88 Å². The van der Waals surface area contributed by atoms with Crippen molar-refractivity contribution in [1.82, 2.24) is 19.6 Å². The summed E-state index contributed by atoms with van der Waals surface area (Å²) in [5.41, 5.74) is 5.33. The summed E-state index contributed by atoms with van der Waals surface area (Å²) in [7, 11) is 0. The van der Waals surface area contributed by atoms with Crippen molar-refractivity contribution in [2.75, 3.05) is 0 Å². The maximum atomic E-state index is 13.5. The van der Waals surface area contributed by atoms with Gasteiger partial charge >= 0.3 is 5.63 Å². The van der Waals surface area contributed by atoms with Crippen molar-refractivity contribution in [3.63, 3.8) is 0 Å². The summed E-state index contributed by atoms with van der Waals surface area (Å²) in [6.45, 7) is 0. The number of hydrogen-bond donors (Lipinski definition) is 0. The van der Waals surface area contributed by atoms with Crippen molar-refractivity contribution < 1.29 is 9.15 Å². The van der Waals surface area contributed by atoms with Crippen LogP contribution in [0.1, 0.15) is 22.6 Å². The quantitative estimate of drug-likeness (QED) is 0.210. The van der Waals surface area contributed by atoms with Gasteiger partial charge in [-0.2, -0.15) is 0 Å². The van der Waals surface area contributed by atoms with Gasteiger partial charge in [-0.3, -0.25) is 0 Å². The van der Waals surface area contributed by atoms with Gasteiger partial charge in [0.05, 0.1) is 22.4 Å². The van der Waals surface area contributed by atoms with E-state index in [4.69, 9.17) is 30.8 Å². The van der Waals surface area contributed by atoms with E-state index in [2.05, 4.69) is 29.2 Å². The van der Waals surface area contributed by atoms with Crippen molar-refractivity contribution in [3.05, 3.63) is 142 Å². The molecule has 196 valence electrons. The lowest BCUT2D eigenvalue weighted by Gasteiger charge is -2.27. The van der Waals surface area contributed by atoms with E-state index in [9.17, 15) is 4.79 Å². The SMILES string of the molecule is O=c1oc2ccccc2c2c1C(c1cccc(Cl)c1)c1c(ncn3nc(-c4ccc(-c5ccccc5)cc4)nc13)O2. The molecule has 3 aromatic heterocycles. The fraction of sp³-hybridized carbons (Fsp3) is 0.0303. The highest BCUT2D eigenvalue weighted by Crippen LogP contribution is 2.49. The molecule has 1 unspecified atom stereocenters. The van der Waals surface area contributed by atoms with E-state index in [1.54, 1.807) is 23.0 Å². The smallest absolute Gasteiger partial charge is 0.344 e. The number of aromatic nitrogens is 4. The van der Waals surface area contributed by atoms with Gasteiger partial charge in [-0.1, -0.05) is 90.5 Å². The van der Waals surface area contributed by atoms with E-state index in [1.165, 1.54) is 0 Å². The monoisotopic (exact) mass is 554 g/mol. The van der Waals surface area contributed by atoms with Crippen molar-refractivity contribution in [2.24, 2.45) is 0 Å². The summed E-state index contributed by atoms with van der Waals surface area (Å²) in [6, 6.07) is 33.0. The minimum atomic E-state index is -0.595. The fourth-order valence-electron chi connectivity index (χ4n) is 5.51. The van der Waals surface area contributed by atoms with E-state index >= 15 is 0 Å². The van der Waals surface area contributed by atoms with Crippen LogP contribution < -0.4 is 10.4 Å². The first-order valence-electron chi connectivity index (χ1n) is 13.0. The summed E-state index contributed by atoms with van der Waals surface area (Å²) < 4.78 is 13.7. The Morgan fingerprint density at radius 2 is 1.54 bits per heavy atom. The molecule has 1 aliphatic rings. The minimum Gasteiger partial charge on any atom is -0.437 e. The molecule has 0 radical (unpaired) electrons.